The zero-order chi connectivity index (χ0) is 22.2. The molecule has 2 unspecified atom stereocenters. The highest BCUT2D eigenvalue weighted by atomic mass is 16.8. The van der Waals surface area contributed by atoms with Crippen LogP contribution in [0, 0.1) is 0 Å². The normalized spacial score (nSPS) is 21.9. The van der Waals surface area contributed by atoms with Crippen molar-refractivity contribution >= 4 is 6.29 Å². The van der Waals surface area contributed by atoms with Gasteiger partial charge in [-0.1, -0.05) is 0 Å². The van der Waals surface area contributed by atoms with Gasteiger partial charge in [-0.05, 0) is 18.2 Å². The smallest absolute Gasteiger partial charge is 0.335 e. The number of benzene rings is 1. The second-order valence-electron chi connectivity index (χ2n) is 5.72. The minimum absolute atomic E-state index is 0.0315. The van der Waals surface area contributed by atoms with E-state index in [0.717, 1.165) is 12.1 Å². The Kier molecular flexibility index (Phi) is 5.12. The summed E-state index contributed by atoms with van der Waals surface area (Å²) in [6.07, 6.45) is -3.54. The molecule has 0 aromatic heterocycles. The molecule has 3 rings (SSSR count). The molecule has 0 bridgehead atoms. The Morgan fingerprint density at radius 2 is 1.50 bits per heavy atom. The Hall–Kier alpha value is -4.39. The number of aliphatic hydroxyl groups excluding tert-OH is 8. The van der Waals surface area contributed by atoms with Crippen molar-refractivity contribution in [3.63, 3.8) is 0 Å². The molecule has 0 radical (unpaired) electrons. The molecule has 0 fully saturated rings. The van der Waals surface area contributed by atoms with Crippen LogP contribution in [0.4, 0.5) is 0 Å². The van der Waals surface area contributed by atoms with Gasteiger partial charge in [0.15, 0.2) is 11.5 Å². The van der Waals surface area contributed by atoms with Crippen LogP contribution in [0.15, 0.2) is 64.6 Å². The van der Waals surface area contributed by atoms with Crippen LogP contribution in [0.1, 0.15) is 10.4 Å². The highest BCUT2D eigenvalue weighted by Gasteiger charge is 2.35. The maximum absolute atomic E-state index is 11.1. The van der Waals surface area contributed by atoms with E-state index in [1.165, 1.54) is 6.07 Å². The molecule has 30 heavy (non-hydrogen) atoms. The first-order valence-corrected chi connectivity index (χ1v) is 7.89. The first-order valence-electron chi connectivity index (χ1n) is 7.89. The van der Waals surface area contributed by atoms with Crippen molar-refractivity contribution in [2.24, 2.45) is 0 Å². The molecular weight excluding hydrogens is 412 g/mol. The highest BCUT2D eigenvalue weighted by molar-refractivity contribution is 5.76. The quantitative estimate of drug-likeness (QED) is 0.314. The third-order valence-corrected chi connectivity index (χ3v) is 3.76. The lowest BCUT2D eigenvalue weighted by Crippen LogP contribution is -2.29. The van der Waals surface area contributed by atoms with Crippen molar-refractivity contribution in [1.29, 1.82) is 0 Å². The maximum atomic E-state index is 11.1. The van der Waals surface area contributed by atoms with Crippen LogP contribution in [0.5, 0.6) is 11.5 Å². The largest absolute Gasteiger partial charge is 0.503 e. The van der Waals surface area contributed by atoms with Gasteiger partial charge in [0.1, 0.15) is 6.29 Å². The summed E-state index contributed by atoms with van der Waals surface area (Å²) in [6, 6.07) is 3.43. The molecule has 2 aliphatic rings. The van der Waals surface area contributed by atoms with Crippen LogP contribution in [0.3, 0.4) is 0 Å². The van der Waals surface area contributed by atoms with E-state index in [1.807, 2.05) is 0 Å². The summed E-state index contributed by atoms with van der Waals surface area (Å²) in [5, 5.41) is 76.5. The van der Waals surface area contributed by atoms with E-state index < -0.39 is 64.8 Å². The summed E-state index contributed by atoms with van der Waals surface area (Å²) in [4.78, 5) is 11.1. The number of hydrogen-bond acceptors (Lipinski definition) is 13. The first-order chi connectivity index (χ1) is 14.1. The summed E-state index contributed by atoms with van der Waals surface area (Å²) in [5.41, 5.74) is 0.0315. The van der Waals surface area contributed by atoms with Gasteiger partial charge in [-0.2, -0.15) is 0 Å². The van der Waals surface area contributed by atoms with Crippen molar-refractivity contribution in [3.8, 4) is 11.5 Å². The Balaban J connectivity index is 1.96. The van der Waals surface area contributed by atoms with E-state index in [4.69, 9.17) is 18.9 Å². The number of aldehydes is 1. The fourth-order valence-electron chi connectivity index (χ4n) is 2.24. The summed E-state index contributed by atoms with van der Waals surface area (Å²) in [6.45, 7) is 0. The molecule has 13 nitrogen and oxygen atoms in total. The first kappa shape index (κ1) is 20.3. The molecule has 13 heteroatoms. The maximum Gasteiger partial charge on any atom is 0.335 e. The number of hydrogen-bond donors (Lipinski definition) is 8. The van der Waals surface area contributed by atoms with Gasteiger partial charge in [0.25, 0.3) is 6.29 Å². The van der Waals surface area contributed by atoms with Crippen molar-refractivity contribution < 1.29 is 64.6 Å². The predicted octanol–water partition coefficient (Wildman–Crippen LogP) is 1.63. The number of carbonyl (C=O) groups is 1. The summed E-state index contributed by atoms with van der Waals surface area (Å²) < 4.78 is 19.9. The molecule has 0 saturated carbocycles. The Labute approximate surface area is 166 Å². The van der Waals surface area contributed by atoms with Gasteiger partial charge in [-0.15, -0.1) is 0 Å². The minimum atomic E-state index is -2.08. The zero-order valence-electron chi connectivity index (χ0n) is 14.6. The van der Waals surface area contributed by atoms with Gasteiger partial charge in [-0.25, -0.2) is 0 Å². The van der Waals surface area contributed by atoms with Crippen LogP contribution in [-0.4, -0.2) is 59.7 Å². The molecular formula is C17H14O13. The van der Waals surface area contributed by atoms with Gasteiger partial charge < -0.3 is 59.8 Å². The number of rotatable bonds is 5. The van der Waals surface area contributed by atoms with Gasteiger partial charge >= 0.3 is 18.2 Å². The van der Waals surface area contributed by atoms with Crippen LogP contribution in [0.2, 0.25) is 0 Å². The third kappa shape index (κ3) is 3.51. The molecule has 160 valence electrons. The van der Waals surface area contributed by atoms with Crippen LogP contribution >= 0.6 is 0 Å². The Bertz CT molecular complexity index is 1020. The van der Waals surface area contributed by atoms with Gasteiger partial charge in [0, 0.05) is 5.56 Å². The number of carbonyl (C=O) groups excluding carboxylic acids is 1. The van der Waals surface area contributed by atoms with Gasteiger partial charge in [0.05, 0.1) is 0 Å². The summed E-state index contributed by atoms with van der Waals surface area (Å²) >= 11 is 0. The molecule has 0 amide bonds. The molecule has 2 heterocycles. The van der Waals surface area contributed by atoms with Crippen molar-refractivity contribution in [2.45, 2.75) is 12.6 Å². The average molecular weight is 426 g/mol. The number of ether oxygens (including phenoxy) is 4. The van der Waals surface area contributed by atoms with Gasteiger partial charge in [-0.3, -0.25) is 4.79 Å². The van der Waals surface area contributed by atoms with E-state index in [2.05, 4.69) is 0 Å². The standard InChI is InChI=1S/C17H14O13/c18-4-5-1-2-6(27-16-12(23)8(19)10(21)14(25)29-16)7(3-5)28-17-13(24)9(20)11(22)15(26)30-17/h1-4,15-16,19-26H. The van der Waals surface area contributed by atoms with E-state index in [-0.39, 0.29) is 11.3 Å². The molecule has 0 aliphatic carbocycles. The molecule has 2 aliphatic heterocycles. The van der Waals surface area contributed by atoms with Crippen molar-refractivity contribution in [1.82, 2.24) is 0 Å². The Morgan fingerprint density at radius 3 is 2.17 bits per heavy atom. The van der Waals surface area contributed by atoms with E-state index in [9.17, 15) is 45.6 Å². The van der Waals surface area contributed by atoms with Crippen LogP contribution in [-0.2, 0) is 9.47 Å². The fraction of sp³-hybridized carbons (Fsp3) is 0.118. The lowest BCUT2D eigenvalue weighted by molar-refractivity contribution is -0.110. The zero-order valence-corrected chi connectivity index (χ0v) is 14.6. The minimum Gasteiger partial charge on any atom is -0.503 e. The molecule has 8 N–H and O–H groups in total. The summed E-state index contributed by atoms with van der Waals surface area (Å²) in [7, 11) is 0. The molecule has 0 spiro atoms. The predicted molar refractivity (Wildman–Crippen MR) is 91.6 cm³/mol. The second-order valence-corrected chi connectivity index (χ2v) is 5.72. The third-order valence-electron chi connectivity index (χ3n) is 3.76. The lowest BCUT2D eigenvalue weighted by atomic mass is 10.2. The fourth-order valence-corrected chi connectivity index (χ4v) is 2.24. The highest BCUT2D eigenvalue weighted by Crippen LogP contribution is 2.35. The topological polar surface area (TPSA) is 216 Å². The lowest BCUT2D eigenvalue weighted by Gasteiger charge is -2.25. The van der Waals surface area contributed by atoms with Crippen LogP contribution in [0.25, 0.3) is 0 Å². The van der Waals surface area contributed by atoms with Crippen molar-refractivity contribution in [3.05, 3.63) is 70.2 Å². The average Bonchev–Trinajstić information content (AvgIpc) is 2.73. The van der Waals surface area contributed by atoms with Crippen molar-refractivity contribution in [2.75, 3.05) is 0 Å². The van der Waals surface area contributed by atoms with Crippen LogP contribution < -0.4 is 9.47 Å². The van der Waals surface area contributed by atoms with E-state index >= 15 is 0 Å². The molecule has 0 saturated heterocycles. The summed E-state index contributed by atoms with van der Waals surface area (Å²) in [5.74, 6) is -9.36. The van der Waals surface area contributed by atoms with Gasteiger partial charge in [0.2, 0.25) is 34.6 Å². The SMILES string of the molecule is O=Cc1ccc(OC2OC(O)=C(O)C(O)=C2O)c(OC2=C(O)C(O)=C(O)C(O)O2)c1. The van der Waals surface area contributed by atoms with E-state index in [1.54, 1.807) is 0 Å². The number of aliphatic hydroxyl groups is 8. The molecule has 2 atom stereocenters. The molecule has 1 aromatic carbocycles. The molecule has 1 aromatic rings. The Morgan fingerprint density at radius 1 is 0.833 bits per heavy atom. The second kappa shape index (κ2) is 7.56. The monoisotopic (exact) mass is 426 g/mol. The van der Waals surface area contributed by atoms with E-state index in [0.29, 0.717) is 6.29 Å².